The van der Waals surface area contributed by atoms with Gasteiger partial charge >= 0.3 is 5.97 Å². The Hall–Kier alpha value is -2.50. The van der Waals surface area contributed by atoms with Crippen LogP contribution in [0.4, 0.5) is 0 Å². The van der Waals surface area contributed by atoms with Gasteiger partial charge in [-0.3, -0.25) is 14.2 Å². The summed E-state index contributed by atoms with van der Waals surface area (Å²) in [6.07, 6.45) is 0. The maximum absolute atomic E-state index is 13.2. The van der Waals surface area contributed by atoms with E-state index in [4.69, 9.17) is 27.9 Å². The van der Waals surface area contributed by atoms with Crippen molar-refractivity contribution in [3.8, 4) is 5.75 Å². The number of carboxylic acid groups (broad SMARTS) is 1. The molecule has 27 heavy (non-hydrogen) atoms. The van der Waals surface area contributed by atoms with Crippen molar-refractivity contribution < 1.29 is 19.4 Å². The van der Waals surface area contributed by atoms with Crippen molar-refractivity contribution in [3.63, 3.8) is 0 Å². The van der Waals surface area contributed by atoms with Crippen LogP contribution in [0.25, 0.3) is 10.9 Å². The molecule has 140 valence electrons. The number of fused-ring (bicyclic) bond motifs is 1. The van der Waals surface area contributed by atoms with Gasteiger partial charge in [0.2, 0.25) is 0 Å². The lowest BCUT2D eigenvalue weighted by molar-refractivity contribution is -0.138. The Kier molecular flexibility index (Phi) is 5.18. The first-order valence-electron chi connectivity index (χ1n) is 8.17. The predicted octanol–water partition coefficient (Wildman–Crippen LogP) is 5.14. The van der Waals surface area contributed by atoms with Crippen molar-refractivity contribution in [2.24, 2.45) is 0 Å². The van der Waals surface area contributed by atoms with Gasteiger partial charge in [-0.25, -0.2) is 0 Å². The summed E-state index contributed by atoms with van der Waals surface area (Å²) < 4.78 is 6.77. The average Bonchev–Trinajstić information content (AvgIpc) is 2.93. The molecule has 0 saturated heterocycles. The standard InChI is InChI=1S/C20H17Cl2NO4/c1-10(20(25)26)18-11(2)23(17-7-5-13(27-3)9-14(17)18)19(24)12-4-6-15(21)16(22)8-12/h4-10H,1-3H3,(H,25,26). The highest BCUT2D eigenvalue weighted by Gasteiger charge is 2.26. The van der Waals surface area contributed by atoms with Gasteiger partial charge < -0.3 is 9.84 Å². The fraction of sp³-hybridized carbons (Fsp3) is 0.200. The molecule has 0 radical (unpaired) electrons. The second kappa shape index (κ2) is 7.25. The van der Waals surface area contributed by atoms with Crippen LogP contribution in [-0.2, 0) is 4.79 Å². The van der Waals surface area contributed by atoms with E-state index in [1.165, 1.54) is 17.7 Å². The largest absolute Gasteiger partial charge is 0.497 e. The van der Waals surface area contributed by atoms with Crippen LogP contribution >= 0.6 is 23.2 Å². The number of hydrogen-bond donors (Lipinski definition) is 1. The topological polar surface area (TPSA) is 68.5 Å². The Balaban J connectivity index is 2.29. The van der Waals surface area contributed by atoms with Crippen molar-refractivity contribution in [2.75, 3.05) is 7.11 Å². The molecule has 1 heterocycles. The fourth-order valence-corrected chi connectivity index (χ4v) is 3.54. The quantitative estimate of drug-likeness (QED) is 0.651. The Morgan fingerprint density at radius 1 is 1.11 bits per heavy atom. The molecule has 1 unspecified atom stereocenters. The van der Waals surface area contributed by atoms with Crippen LogP contribution in [0.1, 0.15) is 34.5 Å². The van der Waals surface area contributed by atoms with Crippen molar-refractivity contribution in [2.45, 2.75) is 19.8 Å². The summed E-state index contributed by atoms with van der Waals surface area (Å²) in [5.74, 6) is -1.49. The molecule has 0 aliphatic rings. The lowest BCUT2D eigenvalue weighted by Crippen LogP contribution is -2.15. The Morgan fingerprint density at radius 2 is 1.81 bits per heavy atom. The van der Waals surface area contributed by atoms with Crippen molar-refractivity contribution in [1.29, 1.82) is 0 Å². The molecule has 0 amide bonds. The fourth-order valence-electron chi connectivity index (χ4n) is 3.24. The zero-order chi connectivity index (χ0) is 19.9. The van der Waals surface area contributed by atoms with E-state index in [9.17, 15) is 14.7 Å². The molecule has 7 heteroatoms. The van der Waals surface area contributed by atoms with Crippen LogP contribution in [0.15, 0.2) is 36.4 Å². The molecule has 3 rings (SSSR count). The molecule has 0 bridgehead atoms. The van der Waals surface area contributed by atoms with Crippen molar-refractivity contribution >= 4 is 46.0 Å². The van der Waals surface area contributed by atoms with Gasteiger partial charge in [0.25, 0.3) is 5.91 Å². The van der Waals surface area contributed by atoms with Crippen LogP contribution in [0.2, 0.25) is 10.0 Å². The van der Waals surface area contributed by atoms with E-state index in [0.29, 0.717) is 38.5 Å². The zero-order valence-electron chi connectivity index (χ0n) is 14.9. The minimum Gasteiger partial charge on any atom is -0.497 e. The minimum atomic E-state index is -0.970. The average molecular weight is 406 g/mol. The second-order valence-corrected chi connectivity index (χ2v) is 7.03. The van der Waals surface area contributed by atoms with Gasteiger partial charge in [0.05, 0.1) is 28.6 Å². The smallest absolute Gasteiger partial charge is 0.310 e. The lowest BCUT2D eigenvalue weighted by atomic mass is 9.98. The molecule has 1 aromatic heterocycles. The van der Waals surface area contributed by atoms with E-state index in [1.54, 1.807) is 44.2 Å². The van der Waals surface area contributed by atoms with E-state index in [1.807, 2.05) is 0 Å². The summed E-state index contributed by atoms with van der Waals surface area (Å²) in [5, 5.41) is 10.8. The van der Waals surface area contributed by atoms with Gasteiger partial charge in [0, 0.05) is 16.6 Å². The van der Waals surface area contributed by atoms with E-state index in [2.05, 4.69) is 0 Å². The van der Waals surface area contributed by atoms with E-state index >= 15 is 0 Å². The maximum atomic E-state index is 13.2. The molecule has 0 aliphatic heterocycles. The van der Waals surface area contributed by atoms with Crippen LogP contribution in [0.3, 0.4) is 0 Å². The van der Waals surface area contributed by atoms with Gasteiger partial charge in [0.15, 0.2) is 0 Å². The number of carbonyl (C=O) groups is 2. The molecular weight excluding hydrogens is 389 g/mol. The molecule has 1 N–H and O–H groups in total. The van der Waals surface area contributed by atoms with E-state index in [0.717, 1.165) is 0 Å². The number of aromatic nitrogens is 1. The number of nitrogens with zero attached hydrogens (tertiary/aromatic N) is 1. The molecule has 1 atom stereocenters. The van der Waals surface area contributed by atoms with Gasteiger partial charge in [-0.2, -0.15) is 0 Å². The first-order chi connectivity index (χ1) is 12.8. The van der Waals surface area contributed by atoms with E-state index in [-0.39, 0.29) is 10.9 Å². The Bertz CT molecular complexity index is 1070. The highest BCUT2D eigenvalue weighted by atomic mass is 35.5. The monoisotopic (exact) mass is 405 g/mol. The summed E-state index contributed by atoms with van der Waals surface area (Å²) in [6, 6.07) is 9.87. The highest BCUT2D eigenvalue weighted by Crippen LogP contribution is 2.35. The number of aliphatic carboxylic acids is 1. The van der Waals surface area contributed by atoms with Crippen LogP contribution < -0.4 is 4.74 Å². The number of ether oxygens (including phenoxy) is 1. The van der Waals surface area contributed by atoms with Crippen LogP contribution in [-0.4, -0.2) is 28.7 Å². The first-order valence-corrected chi connectivity index (χ1v) is 8.93. The van der Waals surface area contributed by atoms with Gasteiger partial charge in [-0.15, -0.1) is 0 Å². The molecular formula is C20H17Cl2NO4. The Morgan fingerprint density at radius 3 is 2.41 bits per heavy atom. The van der Waals surface area contributed by atoms with Gasteiger partial charge in [-0.1, -0.05) is 23.2 Å². The molecule has 0 saturated carbocycles. The summed E-state index contributed by atoms with van der Waals surface area (Å²) in [7, 11) is 1.53. The van der Waals surface area contributed by atoms with Crippen molar-refractivity contribution in [1.82, 2.24) is 4.57 Å². The van der Waals surface area contributed by atoms with Gasteiger partial charge in [0.1, 0.15) is 5.75 Å². The molecule has 3 aromatic rings. The Labute approximate surface area is 166 Å². The number of benzene rings is 2. The molecule has 2 aromatic carbocycles. The third-order valence-corrected chi connectivity index (χ3v) is 5.37. The second-order valence-electron chi connectivity index (χ2n) is 6.21. The molecule has 0 aliphatic carbocycles. The summed E-state index contributed by atoms with van der Waals surface area (Å²) in [5.41, 5.74) is 2.09. The zero-order valence-corrected chi connectivity index (χ0v) is 16.4. The minimum absolute atomic E-state index is 0.275. The number of hydrogen-bond acceptors (Lipinski definition) is 3. The molecule has 5 nitrogen and oxygen atoms in total. The van der Waals surface area contributed by atoms with Crippen LogP contribution in [0.5, 0.6) is 5.75 Å². The summed E-state index contributed by atoms with van der Waals surface area (Å²) >= 11 is 12.0. The number of rotatable bonds is 4. The van der Waals surface area contributed by atoms with Crippen LogP contribution in [0, 0.1) is 6.92 Å². The highest BCUT2D eigenvalue weighted by molar-refractivity contribution is 6.42. The molecule has 0 fully saturated rings. The SMILES string of the molecule is COc1ccc2c(c1)c(C(C)C(=O)O)c(C)n2C(=O)c1ccc(Cl)c(Cl)c1. The number of carbonyl (C=O) groups excluding carboxylic acids is 1. The first kappa shape index (κ1) is 19.3. The number of methoxy groups -OCH3 is 1. The van der Waals surface area contributed by atoms with E-state index < -0.39 is 11.9 Å². The maximum Gasteiger partial charge on any atom is 0.310 e. The normalized spacial score (nSPS) is 12.2. The number of halogens is 2. The van der Waals surface area contributed by atoms with Gasteiger partial charge in [-0.05, 0) is 55.8 Å². The third kappa shape index (κ3) is 3.29. The lowest BCUT2D eigenvalue weighted by Gasteiger charge is -2.10. The summed E-state index contributed by atoms with van der Waals surface area (Å²) in [6.45, 7) is 3.33. The number of carboxylic acids is 1. The third-order valence-electron chi connectivity index (χ3n) is 4.63. The molecule has 0 spiro atoms. The van der Waals surface area contributed by atoms with Crippen molar-refractivity contribution in [3.05, 3.63) is 63.3 Å². The summed E-state index contributed by atoms with van der Waals surface area (Å²) in [4.78, 5) is 24.8. The predicted molar refractivity (Wildman–Crippen MR) is 105 cm³/mol.